The molecule has 1 rings (SSSR count). The number of hydrogen-bond acceptors (Lipinski definition) is 4. The highest BCUT2D eigenvalue weighted by atomic mass is 32.2. The van der Waals surface area contributed by atoms with Gasteiger partial charge in [0.1, 0.15) is 21.8 Å². The molecule has 1 aromatic rings. The van der Waals surface area contributed by atoms with Crippen LogP contribution in [-0.2, 0) is 16.4 Å². The van der Waals surface area contributed by atoms with Crippen LogP contribution in [0.2, 0.25) is 0 Å². The van der Waals surface area contributed by atoms with Crippen LogP contribution in [0.3, 0.4) is 0 Å². The molecule has 0 saturated carbocycles. The number of aryl methyl sites for hydroxylation is 1. The largest absolute Gasteiger partial charge is 0.384 e. The SMILES string of the molecule is CCn1ccnc1C(O)CS(C)(=O)=O. The van der Waals surface area contributed by atoms with E-state index in [0.29, 0.717) is 12.4 Å². The third-order valence-corrected chi connectivity index (χ3v) is 2.77. The second kappa shape index (κ2) is 4.10. The summed E-state index contributed by atoms with van der Waals surface area (Å²) in [7, 11) is -3.18. The zero-order chi connectivity index (χ0) is 10.8. The van der Waals surface area contributed by atoms with Crippen molar-refractivity contribution in [3.8, 4) is 0 Å². The lowest BCUT2D eigenvalue weighted by Gasteiger charge is -2.10. The summed E-state index contributed by atoms with van der Waals surface area (Å²) in [5, 5.41) is 9.59. The van der Waals surface area contributed by atoms with Gasteiger partial charge in [0.25, 0.3) is 0 Å². The summed E-state index contributed by atoms with van der Waals surface area (Å²) < 4.78 is 23.6. The molecular formula is C8H14N2O3S. The molecule has 1 N–H and O–H groups in total. The van der Waals surface area contributed by atoms with Gasteiger partial charge in [-0.15, -0.1) is 0 Å². The van der Waals surface area contributed by atoms with Crippen LogP contribution in [0.15, 0.2) is 12.4 Å². The fraction of sp³-hybridized carbons (Fsp3) is 0.625. The van der Waals surface area contributed by atoms with E-state index in [1.165, 1.54) is 0 Å². The van der Waals surface area contributed by atoms with Crippen LogP contribution in [0.4, 0.5) is 0 Å². The normalized spacial score (nSPS) is 14.2. The molecule has 1 aromatic heterocycles. The summed E-state index contributed by atoms with van der Waals surface area (Å²) >= 11 is 0. The van der Waals surface area contributed by atoms with Crippen LogP contribution in [0, 0.1) is 0 Å². The molecule has 0 aliphatic rings. The van der Waals surface area contributed by atoms with Gasteiger partial charge in [0.05, 0.1) is 5.75 Å². The Balaban J connectivity index is 2.84. The predicted octanol–water partition coefficient (Wildman–Crippen LogP) is -0.0190. The second-order valence-corrected chi connectivity index (χ2v) is 5.36. The molecule has 0 aliphatic carbocycles. The van der Waals surface area contributed by atoms with Crippen LogP contribution in [0.5, 0.6) is 0 Å². The molecule has 1 unspecified atom stereocenters. The Morgan fingerprint density at radius 2 is 2.29 bits per heavy atom. The molecule has 0 spiro atoms. The Hall–Kier alpha value is -0.880. The van der Waals surface area contributed by atoms with Crippen molar-refractivity contribution in [3.05, 3.63) is 18.2 Å². The summed E-state index contributed by atoms with van der Waals surface area (Å²) in [6.07, 6.45) is 3.31. The van der Waals surface area contributed by atoms with Gasteiger partial charge in [-0.25, -0.2) is 13.4 Å². The summed E-state index contributed by atoms with van der Waals surface area (Å²) in [5.41, 5.74) is 0. The van der Waals surface area contributed by atoms with Crippen molar-refractivity contribution < 1.29 is 13.5 Å². The first-order valence-corrected chi connectivity index (χ1v) is 6.37. The lowest BCUT2D eigenvalue weighted by Crippen LogP contribution is -2.16. The van der Waals surface area contributed by atoms with Crippen molar-refractivity contribution >= 4 is 9.84 Å². The fourth-order valence-corrected chi connectivity index (χ4v) is 1.97. The number of aliphatic hydroxyl groups excluding tert-OH is 1. The number of aliphatic hydroxyl groups is 1. The topological polar surface area (TPSA) is 72.2 Å². The Morgan fingerprint density at radius 1 is 1.64 bits per heavy atom. The number of aromatic nitrogens is 2. The molecular weight excluding hydrogens is 204 g/mol. The molecule has 0 saturated heterocycles. The zero-order valence-electron chi connectivity index (χ0n) is 8.21. The number of sulfone groups is 1. The highest BCUT2D eigenvalue weighted by Crippen LogP contribution is 2.12. The van der Waals surface area contributed by atoms with Crippen LogP contribution in [0.25, 0.3) is 0 Å². The van der Waals surface area contributed by atoms with E-state index < -0.39 is 15.9 Å². The van der Waals surface area contributed by atoms with E-state index in [0.717, 1.165) is 6.26 Å². The third kappa shape index (κ3) is 2.81. The van der Waals surface area contributed by atoms with Crippen molar-refractivity contribution in [2.75, 3.05) is 12.0 Å². The molecule has 0 aliphatic heterocycles. The van der Waals surface area contributed by atoms with Gasteiger partial charge in [-0.3, -0.25) is 0 Å². The lowest BCUT2D eigenvalue weighted by atomic mass is 10.4. The maximum Gasteiger partial charge on any atom is 0.150 e. The zero-order valence-corrected chi connectivity index (χ0v) is 9.03. The highest BCUT2D eigenvalue weighted by molar-refractivity contribution is 7.90. The van der Waals surface area contributed by atoms with E-state index in [2.05, 4.69) is 4.98 Å². The van der Waals surface area contributed by atoms with Gasteiger partial charge in [-0.05, 0) is 6.92 Å². The van der Waals surface area contributed by atoms with Crippen molar-refractivity contribution in [2.24, 2.45) is 0 Å². The van der Waals surface area contributed by atoms with Gasteiger partial charge in [0.2, 0.25) is 0 Å². The van der Waals surface area contributed by atoms with Crippen LogP contribution < -0.4 is 0 Å². The van der Waals surface area contributed by atoms with Gasteiger partial charge >= 0.3 is 0 Å². The first-order valence-electron chi connectivity index (χ1n) is 4.31. The standard InChI is InChI=1S/C8H14N2O3S/c1-3-10-5-4-9-8(10)7(11)6-14(2,12)13/h4-5,7,11H,3,6H2,1-2H3. The summed E-state index contributed by atoms with van der Waals surface area (Å²) in [6.45, 7) is 2.56. The van der Waals surface area contributed by atoms with E-state index in [1.807, 2.05) is 6.92 Å². The Kier molecular flexibility index (Phi) is 3.28. The third-order valence-electron chi connectivity index (χ3n) is 1.85. The quantitative estimate of drug-likeness (QED) is 0.771. The summed E-state index contributed by atoms with van der Waals surface area (Å²) in [5.74, 6) is 0.113. The van der Waals surface area contributed by atoms with E-state index >= 15 is 0 Å². The molecule has 6 heteroatoms. The van der Waals surface area contributed by atoms with Gasteiger partial charge in [-0.2, -0.15) is 0 Å². The van der Waals surface area contributed by atoms with Gasteiger partial charge in [0, 0.05) is 25.2 Å². The van der Waals surface area contributed by atoms with Crippen LogP contribution >= 0.6 is 0 Å². The van der Waals surface area contributed by atoms with E-state index in [-0.39, 0.29) is 5.75 Å². The van der Waals surface area contributed by atoms with Crippen molar-refractivity contribution in [3.63, 3.8) is 0 Å². The molecule has 0 fully saturated rings. The molecule has 0 aromatic carbocycles. The molecule has 0 amide bonds. The second-order valence-electron chi connectivity index (χ2n) is 3.18. The van der Waals surface area contributed by atoms with Crippen molar-refractivity contribution in [1.82, 2.24) is 9.55 Å². The first-order chi connectivity index (χ1) is 6.44. The smallest absolute Gasteiger partial charge is 0.150 e. The van der Waals surface area contributed by atoms with E-state index in [9.17, 15) is 13.5 Å². The molecule has 0 radical (unpaired) electrons. The van der Waals surface area contributed by atoms with Crippen molar-refractivity contribution in [1.29, 1.82) is 0 Å². The number of imidazole rings is 1. The lowest BCUT2D eigenvalue weighted by molar-refractivity contribution is 0.186. The van der Waals surface area contributed by atoms with Crippen LogP contribution in [-0.4, -0.2) is 35.1 Å². The highest BCUT2D eigenvalue weighted by Gasteiger charge is 2.18. The molecule has 0 bridgehead atoms. The van der Waals surface area contributed by atoms with Gasteiger partial charge < -0.3 is 9.67 Å². The summed E-state index contributed by atoms with van der Waals surface area (Å²) in [6, 6.07) is 0. The van der Waals surface area contributed by atoms with Crippen molar-refractivity contribution in [2.45, 2.75) is 19.6 Å². The Bertz CT molecular complexity index is 396. The van der Waals surface area contributed by atoms with Gasteiger partial charge in [0.15, 0.2) is 0 Å². The summed E-state index contributed by atoms with van der Waals surface area (Å²) in [4.78, 5) is 3.92. The predicted molar refractivity (Wildman–Crippen MR) is 52.6 cm³/mol. The van der Waals surface area contributed by atoms with E-state index in [4.69, 9.17) is 0 Å². The number of nitrogens with zero attached hydrogens (tertiary/aromatic N) is 2. The maximum atomic E-state index is 10.9. The minimum atomic E-state index is -3.18. The number of rotatable bonds is 4. The maximum absolute atomic E-state index is 10.9. The van der Waals surface area contributed by atoms with E-state index in [1.54, 1.807) is 17.0 Å². The Morgan fingerprint density at radius 3 is 2.79 bits per heavy atom. The molecule has 1 heterocycles. The van der Waals surface area contributed by atoms with Gasteiger partial charge in [-0.1, -0.05) is 0 Å². The average molecular weight is 218 g/mol. The molecule has 14 heavy (non-hydrogen) atoms. The number of hydrogen-bond donors (Lipinski definition) is 1. The van der Waals surface area contributed by atoms with Crippen LogP contribution in [0.1, 0.15) is 18.9 Å². The minimum Gasteiger partial charge on any atom is -0.384 e. The first kappa shape index (κ1) is 11.2. The average Bonchev–Trinajstić information content (AvgIpc) is 2.47. The molecule has 1 atom stereocenters. The Labute approximate surface area is 83.3 Å². The molecule has 5 nitrogen and oxygen atoms in total. The molecule has 80 valence electrons. The minimum absolute atomic E-state index is 0.288. The monoisotopic (exact) mass is 218 g/mol. The fourth-order valence-electron chi connectivity index (χ4n) is 1.25.